The number of ether oxygens (including phenoxy) is 1. The summed E-state index contributed by atoms with van der Waals surface area (Å²) in [6.45, 7) is 0. The third-order valence-corrected chi connectivity index (χ3v) is 2.67. The highest BCUT2D eigenvalue weighted by atomic mass is 16.5. The van der Waals surface area contributed by atoms with Crippen molar-refractivity contribution in [2.24, 2.45) is 5.73 Å². The van der Waals surface area contributed by atoms with Crippen LogP contribution in [0.3, 0.4) is 0 Å². The molecule has 1 aromatic carbocycles. The van der Waals surface area contributed by atoms with E-state index in [1.54, 1.807) is 25.3 Å². The van der Waals surface area contributed by atoms with Crippen molar-refractivity contribution < 1.29 is 13.9 Å². The summed E-state index contributed by atoms with van der Waals surface area (Å²) in [7, 11) is 1.60. The van der Waals surface area contributed by atoms with Crippen molar-refractivity contribution in [1.29, 1.82) is 5.26 Å². The molecule has 0 saturated carbocycles. The Balaban J connectivity index is 2.29. The van der Waals surface area contributed by atoms with Gasteiger partial charge in [-0.1, -0.05) is 0 Å². The summed E-state index contributed by atoms with van der Waals surface area (Å²) in [5.74, 6) is 0.989. The predicted molar refractivity (Wildman–Crippen MR) is 73.5 cm³/mol. The maximum atomic E-state index is 11.0. The van der Waals surface area contributed by atoms with Crippen molar-refractivity contribution >= 4 is 12.0 Å². The summed E-state index contributed by atoms with van der Waals surface area (Å²) in [4.78, 5) is 11.0. The number of amides is 1. The third-order valence-electron chi connectivity index (χ3n) is 2.67. The highest BCUT2D eigenvalue weighted by Crippen LogP contribution is 2.25. The molecule has 0 atom stereocenters. The lowest BCUT2D eigenvalue weighted by molar-refractivity contribution is -0.114. The number of nitriles is 1. The number of rotatable bonds is 4. The Kier molecular flexibility index (Phi) is 3.87. The van der Waals surface area contributed by atoms with E-state index < -0.39 is 5.91 Å². The number of primary amides is 1. The fraction of sp³-hybridized carbons (Fsp3) is 0.0667. The van der Waals surface area contributed by atoms with Gasteiger partial charge in [-0.2, -0.15) is 5.26 Å². The molecule has 2 N–H and O–H groups in total. The third kappa shape index (κ3) is 2.87. The Bertz CT molecular complexity index is 691. The van der Waals surface area contributed by atoms with Crippen molar-refractivity contribution in [1.82, 2.24) is 0 Å². The van der Waals surface area contributed by atoms with Gasteiger partial charge in [-0.3, -0.25) is 4.79 Å². The number of nitrogens with zero attached hydrogens (tertiary/aromatic N) is 1. The van der Waals surface area contributed by atoms with Crippen LogP contribution in [0.5, 0.6) is 5.75 Å². The van der Waals surface area contributed by atoms with Crippen LogP contribution in [-0.2, 0) is 4.79 Å². The second kappa shape index (κ2) is 5.76. The van der Waals surface area contributed by atoms with Crippen LogP contribution >= 0.6 is 0 Å². The van der Waals surface area contributed by atoms with Gasteiger partial charge in [-0.25, -0.2) is 0 Å². The molecule has 0 fully saturated rings. The van der Waals surface area contributed by atoms with E-state index in [1.165, 1.54) is 6.08 Å². The fourth-order valence-corrected chi connectivity index (χ4v) is 1.64. The summed E-state index contributed by atoms with van der Waals surface area (Å²) in [6, 6.07) is 12.5. The Hall–Kier alpha value is -3.00. The smallest absolute Gasteiger partial charge is 0.259 e. The van der Waals surface area contributed by atoms with Crippen molar-refractivity contribution in [2.45, 2.75) is 0 Å². The molecule has 0 spiro atoms. The monoisotopic (exact) mass is 268 g/mol. The zero-order valence-corrected chi connectivity index (χ0v) is 10.8. The predicted octanol–water partition coefficient (Wildman–Crippen LogP) is 2.35. The average Bonchev–Trinajstić information content (AvgIpc) is 2.93. The molecule has 5 heteroatoms. The zero-order valence-electron chi connectivity index (χ0n) is 10.8. The maximum absolute atomic E-state index is 11.0. The van der Waals surface area contributed by atoms with Crippen LogP contribution in [0.1, 0.15) is 5.76 Å². The molecule has 0 aliphatic rings. The number of carbonyl (C=O) groups excluding carboxylic acids is 1. The van der Waals surface area contributed by atoms with E-state index in [2.05, 4.69) is 0 Å². The second-order valence-electron chi connectivity index (χ2n) is 3.96. The van der Waals surface area contributed by atoms with Crippen molar-refractivity contribution in [2.75, 3.05) is 7.11 Å². The molecule has 0 saturated heterocycles. The zero-order chi connectivity index (χ0) is 14.5. The fourth-order valence-electron chi connectivity index (χ4n) is 1.64. The van der Waals surface area contributed by atoms with Crippen LogP contribution in [0.15, 0.2) is 46.4 Å². The van der Waals surface area contributed by atoms with Gasteiger partial charge in [0.05, 0.1) is 7.11 Å². The first-order valence-electron chi connectivity index (χ1n) is 5.80. The van der Waals surface area contributed by atoms with Crippen LogP contribution < -0.4 is 10.5 Å². The van der Waals surface area contributed by atoms with Crippen molar-refractivity contribution in [3.8, 4) is 23.1 Å². The first-order chi connectivity index (χ1) is 9.63. The number of benzene rings is 1. The van der Waals surface area contributed by atoms with E-state index in [9.17, 15) is 4.79 Å². The quantitative estimate of drug-likeness (QED) is 0.680. The molecule has 1 heterocycles. The number of carbonyl (C=O) groups is 1. The van der Waals surface area contributed by atoms with Gasteiger partial charge in [0, 0.05) is 11.6 Å². The average molecular weight is 268 g/mol. The molecule has 0 aliphatic heterocycles. The topological polar surface area (TPSA) is 89.2 Å². The summed E-state index contributed by atoms with van der Waals surface area (Å²) < 4.78 is 10.6. The van der Waals surface area contributed by atoms with Gasteiger partial charge in [0.2, 0.25) is 0 Å². The summed E-state index contributed by atoms with van der Waals surface area (Å²) >= 11 is 0. The highest BCUT2D eigenvalue weighted by Gasteiger charge is 2.07. The van der Waals surface area contributed by atoms with E-state index in [-0.39, 0.29) is 5.57 Å². The Morgan fingerprint density at radius 3 is 2.55 bits per heavy atom. The van der Waals surface area contributed by atoms with Gasteiger partial charge in [-0.05, 0) is 36.4 Å². The number of methoxy groups -OCH3 is 1. The Morgan fingerprint density at radius 2 is 2.00 bits per heavy atom. The molecule has 100 valence electrons. The number of hydrogen-bond acceptors (Lipinski definition) is 4. The lowest BCUT2D eigenvalue weighted by atomic mass is 10.2. The van der Waals surface area contributed by atoms with E-state index >= 15 is 0 Å². The molecule has 0 bridgehead atoms. The van der Waals surface area contributed by atoms with Crippen LogP contribution in [-0.4, -0.2) is 13.0 Å². The second-order valence-corrected chi connectivity index (χ2v) is 3.96. The molecule has 2 rings (SSSR count). The van der Waals surface area contributed by atoms with E-state index in [1.807, 2.05) is 24.3 Å². The van der Waals surface area contributed by atoms with Gasteiger partial charge >= 0.3 is 0 Å². The lowest BCUT2D eigenvalue weighted by Crippen LogP contribution is -2.12. The van der Waals surface area contributed by atoms with Gasteiger partial charge in [0.25, 0.3) is 5.91 Å². The van der Waals surface area contributed by atoms with Crippen LogP contribution in [0.4, 0.5) is 0 Å². The molecular formula is C15H12N2O3. The van der Waals surface area contributed by atoms with Crippen LogP contribution in [0.2, 0.25) is 0 Å². The number of nitrogens with two attached hydrogens (primary N) is 1. The van der Waals surface area contributed by atoms with Gasteiger partial charge < -0.3 is 14.9 Å². The minimum Gasteiger partial charge on any atom is -0.497 e. The summed E-state index contributed by atoms with van der Waals surface area (Å²) in [6.07, 6.45) is 1.31. The Labute approximate surface area is 115 Å². The van der Waals surface area contributed by atoms with Gasteiger partial charge in [-0.15, -0.1) is 0 Å². The first-order valence-corrected chi connectivity index (χ1v) is 5.80. The summed E-state index contributed by atoms with van der Waals surface area (Å²) in [5.41, 5.74) is 5.77. The molecule has 2 aromatic rings. The molecular weight excluding hydrogens is 256 g/mol. The van der Waals surface area contributed by atoms with Gasteiger partial charge in [0.1, 0.15) is 28.9 Å². The number of hydrogen-bond donors (Lipinski definition) is 1. The molecule has 0 unspecified atom stereocenters. The highest BCUT2D eigenvalue weighted by molar-refractivity contribution is 6.00. The molecule has 0 radical (unpaired) electrons. The molecule has 1 amide bonds. The lowest BCUT2D eigenvalue weighted by Gasteiger charge is -2.00. The SMILES string of the molecule is COc1ccc(-c2ccc(/C=C(/C#N)C(N)=O)o2)cc1. The first kappa shape index (κ1) is 13.4. The number of furan rings is 1. The van der Waals surface area contributed by atoms with E-state index in [4.69, 9.17) is 20.1 Å². The minimum atomic E-state index is -0.783. The van der Waals surface area contributed by atoms with Crippen LogP contribution in [0.25, 0.3) is 17.4 Å². The van der Waals surface area contributed by atoms with Crippen LogP contribution in [0, 0.1) is 11.3 Å². The Morgan fingerprint density at radius 1 is 1.30 bits per heavy atom. The minimum absolute atomic E-state index is 0.152. The van der Waals surface area contributed by atoms with Crippen molar-refractivity contribution in [3.05, 3.63) is 47.7 Å². The van der Waals surface area contributed by atoms with Crippen molar-refractivity contribution in [3.63, 3.8) is 0 Å². The molecule has 1 aromatic heterocycles. The van der Waals surface area contributed by atoms with E-state index in [0.29, 0.717) is 11.5 Å². The molecule has 20 heavy (non-hydrogen) atoms. The summed E-state index contributed by atoms with van der Waals surface area (Å²) in [5, 5.41) is 8.76. The van der Waals surface area contributed by atoms with E-state index in [0.717, 1.165) is 11.3 Å². The largest absolute Gasteiger partial charge is 0.497 e. The molecule has 5 nitrogen and oxygen atoms in total. The van der Waals surface area contributed by atoms with Gasteiger partial charge in [0.15, 0.2) is 0 Å². The standard InChI is InChI=1S/C15H12N2O3/c1-19-12-4-2-10(3-5-12)14-7-6-13(20-14)8-11(9-16)15(17)18/h2-8H,1H3,(H2,17,18)/b11-8-. The maximum Gasteiger partial charge on any atom is 0.259 e. The normalized spacial score (nSPS) is 10.9. The molecule has 0 aliphatic carbocycles.